The zero-order valence-electron chi connectivity index (χ0n) is 12.1. The Bertz CT molecular complexity index is 241. The van der Waals surface area contributed by atoms with E-state index >= 15 is 0 Å². The van der Waals surface area contributed by atoms with Gasteiger partial charge in [-0.15, -0.1) is 0 Å². The number of β-amino-alcohol motifs (C(OH)–C–C–N with tert-alkyl or cyclic N) is 1. The van der Waals surface area contributed by atoms with Crippen LogP contribution in [-0.4, -0.2) is 60.3 Å². The van der Waals surface area contributed by atoms with Crippen molar-refractivity contribution in [1.29, 1.82) is 0 Å². The van der Waals surface area contributed by atoms with Gasteiger partial charge in [0.1, 0.15) is 0 Å². The van der Waals surface area contributed by atoms with E-state index in [1.165, 1.54) is 45.1 Å². The zero-order chi connectivity index (χ0) is 13.0. The molecular weight excluding hydrogens is 224 g/mol. The van der Waals surface area contributed by atoms with Crippen LogP contribution in [0.3, 0.4) is 0 Å². The van der Waals surface area contributed by atoms with Crippen molar-refractivity contribution >= 4 is 0 Å². The molecule has 2 fully saturated rings. The maximum absolute atomic E-state index is 10.4. The normalized spacial score (nSPS) is 31.2. The highest BCUT2D eigenvalue weighted by atomic mass is 16.3. The second-order valence-corrected chi connectivity index (χ2v) is 6.43. The Balaban J connectivity index is 1.82. The first kappa shape index (κ1) is 14.3. The standard InChI is InChI=1S/C15H30N2O/c1-13-11-16(2)9-6-10-17(13)12-15(18)14-7-4-3-5-8-14/h13-15,18H,3-12H2,1-2H3. The van der Waals surface area contributed by atoms with E-state index in [-0.39, 0.29) is 6.10 Å². The smallest absolute Gasteiger partial charge is 0.0695 e. The van der Waals surface area contributed by atoms with Crippen molar-refractivity contribution < 1.29 is 5.11 Å². The van der Waals surface area contributed by atoms with Crippen molar-refractivity contribution in [1.82, 2.24) is 9.80 Å². The van der Waals surface area contributed by atoms with E-state index in [4.69, 9.17) is 0 Å². The minimum absolute atomic E-state index is 0.101. The summed E-state index contributed by atoms with van der Waals surface area (Å²) in [5.74, 6) is 0.562. The highest BCUT2D eigenvalue weighted by Crippen LogP contribution is 2.27. The van der Waals surface area contributed by atoms with Crippen LogP contribution >= 0.6 is 0 Å². The molecule has 106 valence electrons. The first-order valence-corrected chi connectivity index (χ1v) is 7.77. The van der Waals surface area contributed by atoms with Gasteiger partial charge in [-0.25, -0.2) is 0 Å². The summed E-state index contributed by atoms with van der Waals surface area (Å²) in [6.45, 7) is 6.67. The fourth-order valence-corrected chi connectivity index (χ4v) is 3.60. The molecular formula is C15H30N2O. The SMILES string of the molecule is CC1CN(C)CCCN1CC(O)C1CCCCC1. The van der Waals surface area contributed by atoms with Gasteiger partial charge in [0, 0.05) is 19.1 Å². The summed E-state index contributed by atoms with van der Waals surface area (Å²) < 4.78 is 0. The van der Waals surface area contributed by atoms with Crippen LogP contribution in [0, 0.1) is 5.92 Å². The minimum atomic E-state index is -0.101. The molecule has 1 saturated carbocycles. The molecule has 0 aromatic rings. The molecule has 0 aromatic heterocycles. The number of nitrogens with zero attached hydrogens (tertiary/aromatic N) is 2. The van der Waals surface area contributed by atoms with Gasteiger partial charge < -0.3 is 10.0 Å². The van der Waals surface area contributed by atoms with Crippen molar-refractivity contribution in [2.24, 2.45) is 5.92 Å². The summed E-state index contributed by atoms with van der Waals surface area (Å²) in [5, 5.41) is 10.4. The molecule has 2 aliphatic rings. The van der Waals surface area contributed by atoms with Crippen LogP contribution < -0.4 is 0 Å². The van der Waals surface area contributed by atoms with E-state index in [0.29, 0.717) is 12.0 Å². The maximum Gasteiger partial charge on any atom is 0.0695 e. The van der Waals surface area contributed by atoms with E-state index in [1.54, 1.807) is 0 Å². The highest BCUT2D eigenvalue weighted by Gasteiger charge is 2.26. The van der Waals surface area contributed by atoms with Crippen molar-refractivity contribution in [3.63, 3.8) is 0 Å². The second-order valence-electron chi connectivity index (χ2n) is 6.43. The third-order valence-corrected chi connectivity index (χ3v) is 4.80. The van der Waals surface area contributed by atoms with Gasteiger partial charge >= 0.3 is 0 Å². The van der Waals surface area contributed by atoms with Crippen molar-refractivity contribution in [2.75, 3.05) is 33.2 Å². The largest absolute Gasteiger partial charge is 0.392 e. The van der Waals surface area contributed by atoms with Crippen LogP contribution in [0.1, 0.15) is 45.4 Å². The zero-order valence-corrected chi connectivity index (χ0v) is 12.1. The quantitative estimate of drug-likeness (QED) is 0.834. The number of hydrogen-bond donors (Lipinski definition) is 1. The van der Waals surface area contributed by atoms with Gasteiger partial charge in [0.15, 0.2) is 0 Å². The Kier molecular flexibility index (Phi) is 5.46. The molecule has 0 amide bonds. The van der Waals surface area contributed by atoms with Gasteiger partial charge in [-0.3, -0.25) is 4.90 Å². The highest BCUT2D eigenvalue weighted by molar-refractivity contribution is 4.81. The van der Waals surface area contributed by atoms with Crippen LogP contribution in [0.4, 0.5) is 0 Å². The molecule has 1 N–H and O–H groups in total. The molecule has 1 aliphatic carbocycles. The Labute approximate surface area is 112 Å². The number of likely N-dealkylation sites (N-methyl/N-ethyl adjacent to an activating group) is 1. The molecule has 18 heavy (non-hydrogen) atoms. The molecule has 1 heterocycles. The number of aliphatic hydroxyl groups is 1. The summed E-state index contributed by atoms with van der Waals surface area (Å²) in [5.41, 5.74) is 0. The van der Waals surface area contributed by atoms with Crippen molar-refractivity contribution in [2.45, 2.75) is 57.6 Å². The average molecular weight is 254 g/mol. The van der Waals surface area contributed by atoms with Crippen LogP contribution in [-0.2, 0) is 0 Å². The predicted molar refractivity (Wildman–Crippen MR) is 75.7 cm³/mol. The summed E-state index contributed by atoms with van der Waals surface area (Å²) in [7, 11) is 2.21. The lowest BCUT2D eigenvalue weighted by molar-refractivity contribution is 0.0366. The molecule has 1 aliphatic heterocycles. The number of rotatable bonds is 3. The summed E-state index contributed by atoms with van der Waals surface area (Å²) in [6.07, 6.45) is 7.62. The third kappa shape index (κ3) is 3.94. The summed E-state index contributed by atoms with van der Waals surface area (Å²) in [4.78, 5) is 4.92. The fourth-order valence-electron chi connectivity index (χ4n) is 3.60. The van der Waals surface area contributed by atoms with E-state index in [0.717, 1.165) is 19.6 Å². The lowest BCUT2D eigenvalue weighted by Gasteiger charge is -2.34. The topological polar surface area (TPSA) is 26.7 Å². The molecule has 2 unspecified atom stereocenters. The van der Waals surface area contributed by atoms with E-state index < -0.39 is 0 Å². The number of hydrogen-bond acceptors (Lipinski definition) is 3. The van der Waals surface area contributed by atoms with Crippen molar-refractivity contribution in [3.8, 4) is 0 Å². The molecule has 3 nitrogen and oxygen atoms in total. The van der Waals surface area contributed by atoms with Gasteiger partial charge in [-0.1, -0.05) is 19.3 Å². The molecule has 0 radical (unpaired) electrons. The monoisotopic (exact) mass is 254 g/mol. The Morgan fingerprint density at radius 3 is 2.56 bits per heavy atom. The van der Waals surface area contributed by atoms with Crippen LogP contribution in [0.15, 0.2) is 0 Å². The summed E-state index contributed by atoms with van der Waals surface area (Å²) in [6, 6.07) is 0.579. The molecule has 2 atom stereocenters. The Morgan fingerprint density at radius 1 is 1.11 bits per heavy atom. The van der Waals surface area contributed by atoms with E-state index in [1.807, 2.05) is 0 Å². The van der Waals surface area contributed by atoms with Gasteiger partial charge in [0.25, 0.3) is 0 Å². The predicted octanol–water partition coefficient (Wildman–Crippen LogP) is 1.95. The van der Waals surface area contributed by atoms with Crippen LogP contribution in [0.2, 0.25) is 0 Å². The minimum Gasteiger partial charge on any atom is -0.392 e. The molecule has 1 saturated heterocycles. The molecule has 3 heteroatoms. The first-order chi connectivity index (χ1) is 8.66. The van der Waals surface area contributed by atoms with Gasteiger partial charge in [-0.05, 0) is 52.2 Å². The second kappa shape index (κ2) is 6.88. The maximum atomic E-state index is 10.4. The molecule has 0 bridgehead atoms. The first-order valence-electron chi connectivity index (χ1n) is 7.77. The van der Waals surface area contributed by atoms with Crippen LogP contribution in [0.5, 0.6) is 0 Å². The molecule has 2 rings (SSSR count). The lowest BCUT2D eigenvalue weighted by Crippen LogP contribution is -2.44. The molecule has 0 aromatic carbocycles. The lowest BCUT2D eigenvalue weighted by atomic mass is 9.85. The van der Waals surface area contributed by atoms with E-state index in [9.17, 15) is 5.11 Å². The van der Waals surface area contributed by atoms with Gasteiger partial charge in [0.05, 0.1) is 6.10 Å². The summed E-state index contributed by atoms with van der Waals surface area (Å²) >= 11 is 0. The number of aliphatic hydroxyl groups excluding tert-OH is 1. The average Bonchev–Trinajstić information content (AvgIpc) is 2.52. The van der Waals surface area contributed by atoms with E-state index in [2.05, 4.69) is 23.8 Å². The Morgan fingerprint density at radius 2 is 1.83 bits per heavy atom. The van der Waals surface area contributed by atoms with Gasteiger partial charge in [-0.2, -0.15) is 0 Å². The Hall–Kier alpha value is -0.120. The van der Waals surface area contributed by atoms with Crippen molar-refractivity contribution in [3.05, 3.63) is 0 Å². The van der Waals surface area contributed by atoms with Crippen LogP contribution in [0.25, 0.3) is 0 Å². The van der Waals surface area contributed by atoms with Gasteiger partial charge in [0.2, 0.25) is 0 Å². The molecule has 0 spiro atoms. The third-order valence-electron chi connectivity index (χ3n) is 4.80. The fraction of sp³-hybridized carbons (Fsp3) is 1.00.